The van der Waals surface area contributed by atoms with Gasteiger partial charge in [0.2, 0.25) is 0 Å². The Morgan fingerprint density at radius 3 is 2.48 bits per heavy atom. The second kappa shape index (κ2) is 10.7. The molecule has 0 bridgehead atoms. The Morgan fingerprint density at radius 1 is 1.00 bits per heavy atom. The molecule has 4 rings (SSSR count). The fraction of sp³-hybridized carbons (Fsp3) is 0.500. The molecule has 0 aliphatic carbocycles. The van der Waals surface area contributed by atoms with Crippen LogP contribution in [0.25, 0.3) is 6.08 Å². The summed E-state index contributed by atoms with van der Waals surface area (Å²) in [7, 11) is 0. The number of benzene rings is 1. The molecule has 7 heteroatoms. The van der Waals surface area contributed by atoms with E-state index in [1.54, 1.807) is 17.0 Å². The molecule has 31 heavy (non-hydrogen) atoms. The van der Waals surface area contributed by atoms with Gasteiger partial charge in [-0.15, -0.1) is 0 Å². The van der Waals surface area contributed by atoms with Crippen molar-refractivity contribution in [2.24, 2.45) is 0 Å². The van der Waals surface area contributed by atoms with Gasteiger partial charge in [0.1, 0.15) is 0 Å². The van der Waals surface area contributed by atoms with Crippen LogP contribution in [0.3, 0.4) is 0 Å². The Labute approximate surface area is 184 Å². The minimum atomic E-state index is 0.0179. The molecule has 0 spiro atoms. The van der Waals surface area contributed by atoms with E-state index in [1.165, 1.54) is 11.1 Å². The normalized spacial score (nSPS) is 19.0. The second-order valence-corrected chi connectivity index (χ2v) is 8.37. The Morgan fingerprint density at radius 2 is 1.74 bits per heavy atom. The van der Waals surface area contributed by atoms with Gasteiger partial charge in [0.25, 0.3) is 5.56 Å². The molecule has 0 atom stereocenters. The smallest absolute Gasteiger partial charge is 0.293 e. The molecule has 3 heterocycles. The molecule has 0 radical (unpaired) electrons. The highest BCUT2D eigenvalue weighted by Gasteiger charge is 2.21. The van der Waals surface area contributed by atoms with Crippen molar-refractivity contribution in [3.05, 3.63) is 64.2 Å². The number of anilines is 1. The van der Waals surface area contributed by atoms with Gasteiger partial charge < -0.3 is 14.2 Å². The Hall–Kier alpha value is -2.48. The molecule has 0 unspecified atom stereocenters. The average molecular weight is 424 g/mol. The van der Waals surface area contributed by atoms with Crippen LogP contribution in [-0.4, -0.2) is 84.9 Å². The molecule has 2 aromatic rings. The molecule has 7 nitrogen and oxygen atoms in total. The first-order valence-corrected chi connectivity index (χ1v) is 11.2. The maximum Gasteiger partial charge on any atom is 0.293 e. The highest BCUT2D eigenvalue weighted by molar-refractivity contribution is 5.52. The van der Waals surface area contributed by atoms with E-state index in [4.69, 9.17) is 4.74 Å². The quantitative estimate of drug-likeness (QED) is 0.677. The van der Waals surface area contributed by atoms with E-state index in [2.05, 4.69) is 56.9 Å². The van der Waals surface area contributed by atoms with Crippen molar-refractivity contribution in [2.45, 2.75) is 13.5 Å². The van der Waals surface area contributed by atoms with Crippen LogP contribution < -0.4 is 10.5 Å². The molecule has 2 saturated heterocycles. The number of aromatic nitrogens is 2. The van der Waals surface area contributed by atoms with E-state index in [0.717, 1.165) is 65.6 Å². The molecule has 0 saturated carbocycles. The molecule has 0 N–H and O–H groups in total. The fourth-order valence-electron chi connectivity index (χ4n) is 4.25. The van der Waals surface area contributed by atoms with Crippen LogP contribution in [0.1, 0.15) is 12.5 Å². The predicted octanol–water partition coefficient (Wildman–Crippen LogP) is 1.80. The monoisotopic (exact) mass is 423 g/mol. The summed E-state index contributed by atoms with van der Waals surface area (Å²) in [5, 5.41) is 0. The highest BCUT2D eigenvalue weighted by Crippen LogP contribution is 2.12. The number of nitrogens with zero attached hydrogens (tertiary/aromatic N) is 5. The van der Waals surface area contributed by atoms with Crippen LogP contribution in [-0.2, 0) is 11.3 Å². The summed E-state index contributed by atoms with van der Waals surface area (Å²) in [5.74, 6) is 0.584. The summed E-state index contributed by atoms with van der Waals surface area (Å²) in [6, 6.07) is 10.4. The van der Waals surface area contributed by atoms with Crippen LogP contribution in [0.4, 0.5) is 5.82 Å². The van der Waals surface area contributed by atoms with Crippen molar-refractivity contribution in [1.82, 2.24) is 19.4 Å². The van der Waals surface area contributed by atoms with Crippen molar-refractivity contribution >= 4 is 11.9 Å². The first-order chi connectivity index (χ1) is 15.2. The number of hydrogen-bond acceptors (Lipinski definition) is 6. The van der Waals surface area contributed by atoms with Crippen LogP contribution >= 0.6 is 0 Å². The number of rotatable bonds is 7. The fourth-order valence-corrected chi connectivity index (χ4v) is 4.25. The van der Waals surface area contributed by atoms with E-state index in [-0.39, 0.29) is 5.56 Å². The zero-order valence-electron chi connectivity index (χ0n) is 18.4. The lowest BCUT2D eigenvalue weighted by Gasteiger charge is -2.35. The molecule has 0 amide bonds. The Bertz CT molecular complexity index is 913. The molecular formula is C24H33N5O2. The third-order valence-corrected chi connectivity index (χ3v) is 6.01. The van der Waals surface area contributed by atoms with Crippen molar-refractivity contribution in [3.63, 3.8) is 0 Å². The van der Waals surface area contributed by atoms with Crippen LogP contribution in [0, 0.1) is 0 Å². The summed E-state index contributed by atoms with van der Waals surface area (Å²) in [5.41, 5.74) is 2.61. The summed E-state index contributed by atoms with van der Waals surface area (Å²) in [6.45, 7) is 11.7. The maximum absolute atomic E-state index is 13.0. The third-order valence-electron chi connectivity index (χ3n) is 6.01. The minimum Gasteiger partial charge on any atom is -0.379 e. The predicted molar refractivity (Wildman–Crippen MR) is 125 cm³/mol. The Balaban J connectivity index is 1.31. The van der Waals surface area contributed by atoms with E-state index in [0.29, 0.717) is 12.4 Å². The van der Waals surface area contributed by atoms with Gasteiger partial charge in [-0.1, -0.05) is 42.0 Å². The van der Waals surface area contributed by atoms with Gasteiger partial charge in [-0.05, 0) is 12.5 Å². The molecule has 166 valence electrons. The van der Waals surface area contributed by atoms with Gasteiger partial charge in [-0.25, -0.2) is 4.98 Å². The van der Waals surface area contributed by atoms with Gasteiger partial charge in [-0.2, -0.15) is 0 Å². The molecule has 2 aliphatic rings. The summed E-state index contributed by atoms with van der Waals surface area (Å²) >= 11 is 0. The second-order valence-electron chi connectivity index (χ2n) is 8.37. The molecule has 1 aromatic heterocycles. The first kappa shape index (κ1) is 21.7. The highest BCUT2D eigenvalue weighted by atomic mass is 16.5. The van der Waals surface area contributed by atoms with E-state index >= 15 is 0 Å². The van der Waals surface area contributed by atoms with Gasteiger partial charge in [0.15, 0.2) is 5.82 Å². The summed E-state index contributed by atoms with van der Waals surface area (Å²) < 4.78 is 7.20. The van der Waals surface area contributed by atoms with Crippen molar-refractivity contribution in [1.29, 1.82) is 0 Å². The van der Waals surface area contributed by atoms with Crippen LogP contribution in [0.5, 0.6) is 0 Å². The standard InChI is InChI=1S/C24H33N5O2/c1-21(19-22-5-3-2-4-6-22)20-27-10-12-28(13-11-27)23-24(30)29(8-7-25-23)14-9-26-15-17-31-18-16-26/h2-8,19H,9-18,20H2,1H3. The molecule has 2 aliphatic heterocycles. The lowest BCUT2D eigenvalue weighted by Crippen LogP contribution is -2.49. The minimum absolute atomic E-state index is 0.0179. The SMILES string of the molecule is CC(=Cc1ccccc1)CN1CCN(c2nccn(CCN3CCOCC3)c2=O)CC1. The number of morpholine rings is 1. The van der Waals surface area contributed by atoms with Gasteiger partial charge >= 0.3 is 0 Å². The largest absolute Gasteiger partial charge is 0.379 e. The van der Waals surface area contributed by atoms with E-state index in [9.17, 15) is 4.79 Å². The lowest BCUT2D eigenvalue weighted by atomic mass is 10.1. The molecule has 2 fully saturated rings. The van der Waals surface area contributed by atoms with Crippen LogP contribution in [0.15, 0.2) is 53.1 Å². The van der Waals surface area contributed by atoms with Crippen molar-refractivity contribution in [2.75, 3.05) is 70.5 Å². The summed E-state index contributed by atoms with van der Waals surface area (Å²) in [6.07, 6.45) is 5.81. The van der Waals surface area contributed by atoms with Gasteiger partial charge in [-0.3, -0.25) is 14.6 Å². The van der Waals surface area contributed by atoms with E-state index in [1.807, 2.05) is 6.07 Å². The van der Waals surface area contributed by atoms with Gasteiger partial charge in [0.05, 0.1) is 13.2 Å². The topological polar surface area (TPSA) is 53.8 Å². The van der Waals surface area contributed by atoms with Crippen LogP contribution in [0.2, 0.25) is 0 Å². The number of ether oxygens (including phenoxy) is 1. The first-order valence-electron chi connectivity index (χ1n) is 11.2. The maximum atomic E-state index is 13.0. The summed E-state index contributed by atoms with van der Waals surface area (Å²) in [4.78, 5) is 24.4. The van der Waals surface area contributed by atoms with E-state index < -0.39 is 0 Å². The van der Waals surface area contributed by atoms with Gasteiger partial charge in [0, 0.05) is 71.3 Å². The lowest BCUT2D eigenvalue weighted by molar-refractivity contribution is 0.0363. The number of hydrogen-bond donors (Lipinski definition) is 0. The number of piperazine rings is 1. The van der Waals surface area contributed by atoms with Crippen molar-refractivity contribution in [3.8, 4) is 0 Å². The average Bonchev–Trinajstić information content (AvgIpc) is 2.80. The Kier molecular flexibility index (Phi) is 7.51. The van der Waals surface area contributed by atoms with Crippen molar-refractivity contribution < 1.29 is 4.74 Å². The molecular weight excluding hydrogens is 390 g/mol. The zero-order chi connectivity index (χ0) is 21.5. The third kappa shape index (κ3) is 6.03. The zero-order valence-corrected chi connectivity index (χ0v) is 18.4. The molecule has 1 aromatic carbocycles.